The molecule has 4 saturated heterocycles. The lowest BCUT2D eigenvalue weighted by Gasteiger charge is -2.33. The fourth-order valence-electron chi connectivity index (χ4n) is 9.10. The molecule has 14 nitrogen and oxygen atoms in total. The number of esters is 1. The monoisotopic (exact) mass is 968 g/mol. The van der Waals surface area contributed by atoms with Gasteiger partial charge >= 0.3 is 11.9 Å². The first-order chi connectivity index (χ1) is 31.5. The van der Waals surface area contributed by atoms with Gasteiger partial charge in [0.2, 0.25) is 0 Å². The van der Waals surface area contributed by atoms with E-state index in [1.54, 1.807) is 30.3 Å². The minimum Gasteiger partial charge on any atom is -0.476 e. The molecule has 8 rings (SSSR count). The Hall–Kier alpha value is -4.18. The number of aromatic nitrogens is 4. The van der Waals surface area contributed by atoms with Crippen LogP contribution in [0.25, 0.3) is 0 Å². The third kappa shape index (κ3) is 13.9. The van der Waals surface area contributed by atoms with E-state index in [4.69, 9.17) is 51.1 Å². The summed E-state index contributed by atoms with van der Waals surface area (Å²) in [7, 11) is 1.34. The zero-order valence-electron chi connectivity index (χ0n) is 37.1. The lowest BCUT2D eigenvalue weighted by molar-refractivity contribution is 0.0593. The smallest absolute Gasteiger partial charge is 0.360 e. The van der Waals surface area contributed by atoms with Gasteiger partial charge in [-0.1, -0.05) is 58.5 Å². The first kappa shape index (κ1) is 48.7. The molecule has 2 aromatic heterocycles. The number of nitrogens with zero attached hydrogens (tertiary/aromatic N) is 8. The second-order valence-corrected chi connectivity index (χ2v) is 19.1. The quantitative estimate of drug-likeness (QED) is 0.0914. The van der Waals surface area contributed by atoms with Crippen molar-refractivity contribution in [3.05, 3.63) is 91.1 Å². The molecular weight excluding hydrogens is 910 g/mol. The topological polar surface area (TPSA) is 152 Å². The number of benzene rings is 2. The summed E-state index contributed by atoms with van der Waals surface area (Å²) in [4.78, 5) is 33.5. The molecule has 0 atom stereocenters. The Morgan fingerprint density at radius 1 is 0.615 bits per heavy atom. The van der Waals surface area contributed by atoms with Crippen molar-refractivity contribution in [1.82, 2.24) is 30.2 Å². The van der Waals surface area contributed by atoms with Crippen molar-refractivity contribution < 1.29 is 19.4 Å². The van der Waals surface area contributed by atoms with Crippen LogP contribution in [0, 0.1) is 11.8 Å². The largest absolute Gasteiger partial charge is 0.476 e. The third-order valence-electron chi connectivity index (χ3n) is 13.1. The molecule has 3 N–H and O–H groups in total. The van der Waals surface area contributed by atoms with E-state index in [0.29, 0.717) is 50.4 Å². The Kier molecular flexibility index (Phi) is 18.0. The number of methoxy groups -OCH3 is 1. The number of carbonyl (C=O) groups excluding carboxylic acids is 1. The van der Waals surface area contributed by atoms with Gasteiger partial charge in [-0.15, -0.1) is 20.4 Å². The van der Waals surface area contributed by atoms with Crippen LogP contribution >= 0.6 is 46.4 Å². The van der Waals surface area contributed by atoms with Gasteiger partial charge in [0.1, 0.15) is 0 Å². The number of likely N-dealkylation sites (tertiary alicyclic amines) is 2. The van der Waals surface area contributed by atoms with Crippen LogP contribution in [0.15, 0.2) is 48.5 Å². The molecule has 0 unspecified atom stereocenters. The van der Waals surface area contributed by atoms with Crippen LogP contribution < -0.4 is 20.4 Å². The summed E-state index contributed by atoms with van der Waals surface area (Å²) < 4.78 is 4.89. The number of anilines is 4. The van der Waals surface area contributed by atoms with Gasteiger partial charge in [-0.2, -0.15) is 0 Å². The van der Waals surface area contributed by atoms with Crippen molar-refractivity contribution >= 4 is 81.4 Å². The summed E-state index contributed by atoms with van der Waals surface area (Å²) in [5.74, 6) is 1.33. The van der Waals surface area contributed by atoms with E-state index in [0.717, 1.165) is 80.6 Å². The number of piperidine rings is 2. The average Bonchev–Trinajstić information content (AvgIpc) is 4.05. The van der Waals surface area contributed by atoms with Gasteiger partial charge < -0.3 is 40.1 Å². The highest BCUT2D eigenvalue weighted by Crippen LogP contribution is 2.31. The summed E-state index contributed by atoms with van der Waals surface area (Å²) >= 11 is 24.5. The Bertz CT molecular complexity index is 2210. The number of carbonyl (C=O) groups is 2. The number of aromatic carboxylic acids is 1. The van der Waals surface area contributed by atoms with E-state index in [1.807, 2.05) is 18.2 Å². The molecule has 4 aliphatic heterocycles. The Labute approximate surface area is 402 Å². The second-order valence-electron chi connectivity index (χ2n) is 17.4. The van der Waals surface area contributed by atoms with E-state index < -0.39 is 11.9 Å². The van der Waals surface area contributed by atoms with Crippen molar-refractivity contribution in [2.45, 2.75) is 77.3 Å². The number of rotatable bonds is 16. The van der Waals surface area contributed by atoms with Crippen molar-refractivity contribution in [2.75, 3.05) is 93.0 Å². The number of halogens is 4. The van der Waals surface area contributed by atoms with Gasteiger partial charge in [0.15, 0.2) is 23.0 Å². The van der Waals surface area contributed by atoms with Crippen LogP contribution in [-0.4, -0.2) is 120 Å². The van der Waals surface area contributed by atoms with E-state index in [1.165, 1.54) is 84.9 Å². The molecule has 0 saturated carbocycles. The molecule has 4 aromatic rings. The third-order valence-corrected chi connectivity index (χ3v) is 14.3. The van der Waals surface area contributed by atoms with Crippen LogP contribution in [0.5, 0.6) is 0 Å². The zero-order chi connectivity index (χ0) is 45.7. The van der Waals surface area contributed by atoms with Gasteiger partial charge in [0, 0.05) is 71.5 Å². The lowest BCUT2D eigenvalue weighted by Crippen LogP contribution is -2.35. The van der Waals surface area contributed by atoms with Gasteiger partial charge in [-0.05, 0) is 151 Å². The average molecular weight is 971 g/mol. The predicted octanol–water partition coefficient (Wildman–Crippen LogP) is 9.68. The molecule has 2 aromatic carbocycles. The number of hydrogen-bond donors (Lipinski definition) is 3. The Morgan fingerprint density at radius 2 is 1.03 bits per heavy atom. The molecule has 6 heterocycles. The van der Waals surface area contributed by atoms with Crippen molar-refractivity contribution in [2.24, 2.45) is 11.8 Å². The Balaban J connectivity index is 0.000000194. The van der Waals surface area contributed by atoms with E-state index in [9.17, 15) is 14.7 Å². The highest BCUT2D eigenvalue weighted by Gasteiger charge is 2.26. The number of nitrogens with one attached hydrogen (secondary N) is 2. The molecule has 65 heavy (non-hydrogen) atoms. The minimum atomic E-state index is -1.12. The van der Waals surface area contributed by atoms with Crippen LogP contribution in [-0.2, 0) is 17.8 Å². The van der Waals surface area contributed by atoms with E-state index >= 15 is 0 Å². The first-order valence-corrected chi connectivity index (χ1v) is 24.4. The van der Waals surface area contributed by atoms with Gasteiger partial charge in [-0.3, -0.25) is 0 Å². The maximum absolute atomic E-state index is 12.2. The lowest BCUT2D eigenvalue weighted by atomic mass is 9.93. The highest BCUT2D eigenvalue weighted by atomic mass is 35.5. The molecule has 18 heteroatoms. The summed E-state index contributed by atoms with van der Waals surface area (Å²) in [6, 6.07) is 14.3. The molecule has 4 aliphatic rings. The van der Waals surface area contributed by atoms with E-state index in [-0.39, 0.29) is 11.4 Å². The Morgan fingerprint density at radius 3 is 1.43 bits per heavy atom. The van der Waals surface area contributed by atoms with Crippen LogP contribution in [0.4, 0.5) is 23.0 Å². The number of carboxylic acid groups (broad SMARTS) is 1. The van der Waals surface area contributed by atoms with E-state index in [2.05, 4.69) is 50.6 Å². The zero-order valence-corrected chi connectivity index (χ0v) is 40.1. The molecule has 0 spiro atoms. The van der Waals surface area contributed by atoms with Crippen molar-refractivity contribution in [1.29, 1.82) is 0 Å². The van der Waals surface area contributed by atoms with Gasteiger partial charge in [-0.25, -0.2) is 9.59 Å². The molecule has 350 valence electrons. The molecule has 0 bridgehead atoms. The summed E-state index contributed by atoms with van der Waals surface area (Å²) in [6.45, 7) is 11.9. The van der Waals surface area contributed by atoms with Gasteiger partial charge in [0.25, 0.3) is 0 Å². The number of carboxylic acids is 1. The SMILES string of the molecule is COC(=O)c1nnc(N2CCC(CCN3CCCC3)CC2)cc1NCc1ccc(Cl)cc1Cl.O=C(O)c1nnc(N2CCC(CCN3CCCC3)CC2)cc1NCc1ccc(Cl)cc1Cl. The summed E-state index contributed by atoms with van der Waals surface area (Å²) in [5.41, 5.74) is 2.77. The fraction of sp³-hybridized carbons (Fsp3) is 0.532. The molecule has 0 aliphatic carbocycles. The normalized spacial score (nSPS) is 17.5. The summed E-state index contributed by atoms with van der Waals surface area (Å²) in [6.07, 6.45) is 12.4. The van der Waals surface area contributed by atoms with Crippen molar-refractivity contribution in [3.8, 4) is 0 Å². The molecule has 0 radical (unpaired) electrons. The fourth-order valence-corrected chi connectivity index (χ4v) is 10.1. The predicted molar refractivity (Wildman–Crippen MR) is 260 cm³/mol. The standard InChI is InChI=1S/C24H31Cl2N5O2.C23H29Cl2N5O2/c1-33-24(32)23-21(27-16-18-4-5-19(25)14-20(18)26)15-22(28-29-23)31-12-7-17(8-13-31)6-11-30-9-2-3-10-30;24-18-4-3-17(19(25)13-18)15-26-20-14-21(27-28-22(20)23(31)32)30-11-6-16(7-12-30)5-10-29-8-1-2-9-29/h4-5,14-15,17H,2-3,6-13,16H2,1H3,(H,27,28);3-4,13-14,16H,1-2,5-12,15H2,(H,26,27)(H,31,32). The molecule has 0 amide bonds. The minimum absolute atomic E-state index is 0.0978. The first-order valence-electron chi connectivity index (χ1n) is 22.9. The van der Waals surface area contributed by atoms with Crippen LogP contribution in [0.2, 0.25) is 20.1 Å². The maximum atomic E-state index is 12.2. The maximum Gasteiger partial charge on any atom is 0.360 e. The van der Waals surface area contributed by atoms with Crippen LogP contribution in [0.1, 0.15) is 96.3 Å². The molecule has 4 fully saturated rings. The number of ether oxygens (including phenoxy) is 1. The summed E-state index contributed by atoms with van der Waals surface area (Å²) in [5, 5.41) is 34.9. The molecular formula is C47H60Cl4N10O4. The second kappa shape index (κ2) is 24.0. The van der Waals surface area contributed by atoms with Crippen LogP contribution in [0.3, 0.4) is 0 Å². The van der Waals surface area contributed by atoms with Gasteiger partial charge in [0.05, 0.1) is 18.5 Å². The number of hydrogen-bond acceptors (Lipinski definition) is 13. The van der Waals surface area contributed by atoms with Crippen molar-refractivity contribution in [3.63, 3.8) is 0 Å². The highest BCUT2D eigenvalue weighted by molar-refractivity contribution is 6.35.